The molecule has 1 fully saturated rings. The Morgan fingerprint density at radius 1 is 1.24 bits per heavy atom. The van der Waals surface area contributed by atoms with Crippen molar-refractivity contribution in [1.29, 1.82) is 0 Å². The van der Waals surface area contributed by atoms with Crippen LogP contribution in [0, 0.1) is 5.92 Å². The van der Waals surface area contributed by atoms with Gasteiger partial charge in [-0.1, -0.05) is 36.4 Å². The van der Waals surface area contributed by atoms with Crippen LogP contribution in [0.3, 0.4) is 0 Å². The second kappa shape index (κ2) is 6.71. The van der Waals surface area contributed by atoms with Gasteiger partial charge in [-0.25, -0.2) is 0 Å². The van der Waals surface area contributed by atoms with E-state index in [-0.39, 0.29) is 0 Å². The molecule has 0 radical (unpaired) electrons. The smallest absolute Gasteiger partial charge is 0.0448 e. The van der Waals surface area contributed by atoms with Gasteiger partial charge in [-0.3, -0.25) is 0 Å². The van der Waals surface area contributed by atoms with E-state index in [1.165, 1.54) is 34.4 Å². The van der Waals surface area contributed by atoms with Crippen LogP contribution in [-0.4, -0.2) is 30.6 Å². The maximum Gasteiger partial charge on any atom is 0.0448 e. The van der Waals surface area contributed by atoms with Gasteiger partial charge in [0, 0.05) is 30.2 Å². The van der Waals surface area contributed by atoms with Crippen LogP contribution in [0.25, 0.3) is 10.8 Å². The number of anilines is 1. The minimum atomic E-state index is 0.454. The summed E-state index contributed by atoms with van der Waals surface area (Å²) in [4.78, 5) is 2.53. The van der Waals surface area contributed by atoms with E-state index in [0.29, 0.717) is 6.04 Å². The highest BCUT2D eigenvalue weighted by molar-refractivity contribution is 7.99. The maximum atomic E-state index is 6.16. The van der Waals surface area contributed by atoms with Gasteiger partial charge in [0.25, 0.3) is 0 Å². The summed E-state index contributed by atoms with van der Waals surface area (Å²) in [5, 5.41) is 2.65. The Morgan fingerprint density at radius 2 is 2.05 bits per heavy atom. The van der Waals surface area contributed by atoms with Crippen molar-refractivity contribution in [3.8, 4) is 0 Å². The number of rotatable bonds is 5. The van der Waals surface area contributed by atoms with Crippen molar-refractivity contribution in [2.45, 2.75) is 19.4 Å². The highest BCUT2D eigenvalue weighted by atomic mass is 32.2. The molecular formula is C18H24N2S. The molecule has 0 aliphatic carbocycles. The van der Waals surface area contributed by atoms with Gasteiger partial charge >= 0.3 is 0 Å². The lowest BCUT2D eigenvalue weighted by Crippen LogP contribution is -2.46. The Kier molecular flexibility index (Phi) is 4.71. The lowest BCUT2D eigenvalue weighted by atomic mass is 9.96. The van der Waals surface area contributed by atoms with Crippen LogP contribution in [0.2, 0.25) is 0 Å². The number of thioether (sulfide) groups is 1. The van der Waals surface area contributed by atoms with E-state index in [1.54, 1.807) is 0 Å². The molecule has 2 N–H and O–H groups in total. The van der Waals surface area contributed by atoms with Crippen LogP contribution in [0.15, 0.2) is 42.5 Å². The lowest BCUT2D eigenvalue weighted by molar-refractivity contribution is 0.442. The summed E-state index contributed by atoms with van der Waals surface area (Å²) < 4.78 is 0. The quantitative estimate of drug-likeness (QED) is 0.912. The van der Waals surface area contributed by atoms with Crippen molar-refractivity contribution >= 4 is 28.2 Å². The predicted molar refractivity (Wildman–Crippen MR) is 95.2 cm³/mol. The van der Waals surface area contributed by atoms with Crippen molar-refractivity contribution in [2.75, 3.05) is 29.5 Å². The largest absolute Gasteiger partial charge is 0.367 e. The highest BCUT2D eigenvalue weighted by Crippen LogP contribution is 2.33. The molecule has 1 saturated heterocycles. The fourth-order valence-electron chi connectivity index (χ4n) is 3.47. The topological polar surface area (TPSA) is 29.3 Å². The van der Waals surface area contributed by atoms with E-state index in [0.717, 1.165) is 19.0 Å². The van der Waals surface area contributed by atoms with Crippen LogP contribution in [0.4, 0.5) is 5.69 Å². The number of fused-ring (bicyclic) bond motifs is 1. The van der Waals surface area contributed by atoms with Crippen molar-refractivity contribution < 1.29 is 0 Å². The molecule has 2 aromatic rings. The predicted octanol–water partition coefficient (Wildman–Crippen LogP) is 3.75. The molecule has 0 bridgehead atoms. The zero-order valence-electron chi connectivity index (χ0n) is 12.7. The van der Waals surface area contributed by atoms with Gasteiger partial charge in [-0.2, -0.15) is 11.8 Å². The van der Waals surface area contributed by atoms with Gasteiger partial charge < -0.3 is 10.6 Å². The zero-order valence-corrected chi connectivity index (χ0v) is 13.5. The number of benzene rings is 2. The monoisotopic (exact) mass is 300 g/mol. The molecule has 2 nitrogen and oxygen atoms in total. The third-order valence-electron chi connectivity index (χ3n) is 4.57. The molecule has 1 aliphatic rings. The lowest BCUT2D eigenvalue weighted by Gasteiger charge is -2.36. The van der Waals surface area contributed by atoms with Gasteiger partial charge in [0.1, 0.15) is 0 Å². The van der Waals surface area contributed by atoms with E-state index >= 15 is 0 Å². The first kappa shape index (κ1) is 14.7. The summed E-state index contributed by atoms with van der Waals surface area (Å²) in [6.07, 6.45) is 1.30. The fourth-order valence-corrected chi connectivity index (χ4v) is 4.80. The van der Waals surface area contributed by atoms with Crippen LogP contribution < -0.4 is 10.6 Å². The van der Waals surface area contributed by atoms with E-state index in [2.05, 4.69) is 66.1 Å². The summed E-state index contributed by atoms with van der Waals surface area (Å²) in [6, 6.07) is 15.7. The number of likely N-dealkylation sites (N-methyl/N-ethyl adjacent to an activating group) is 1. The first-order valence-corrected chi connectivity index (χ1v) is 9.02. The molecule has 1 aliphatic heterocycles. The standard InChI is InChI=1S/C18H24N2S/c1-2-20(18(12-19)15-10-11-21-13-15)17-9-5-7-14-6-3-4-8-16(14)17/h3-9,15,18H,2,10-13,19H2,1H3. The van der Waals surface area contributed by atoms with Gasteiger partial charge in [-0.05, 0) is 42.2 Å². The van der Waals surface area contributed by atoms with Gasteiger partial charge in [0.05, 0.1) is 0 Å². The number of nitrogens with two attached hydrogens (primary N) is 1. The van der Waals surface area contributed by atoms with Crippen molar-refractivity contribution in [2.24, 2.45) is 11.7 Å². The first-order chi connectivity index (χ1) is 10.3. The normalized spacial score (nSPS) is 19.8. The zero-order chi connectivity index (χ0) is 14.7. The molecule has 0 aromatic heterocycles. The van der Waals surface area contributed by atoms with E-state index in [4.69, 9.17) is 5.73 Å². The Morgan fingerprint density at radius 3 is 2.76 bits per heavy atom. The number of hydrogen-bond donors (Lipinski definition) is 1. The highest BCUT2D eigenvalue weighted by Gasteiger charge is 2.29. The van der Waals surface area contributed by atoms with Crippen LogP contribution in [-0.2, 0) is 0 Å². The van der Waals surface area contributed by atoms with E-state index < -0.39 is 0 Å². The van der Waals surface area contributed by atoms with E-state index in [1.807, 2.05) is 0 Å². The Bertz CT molecular complexity index is 587. The summed E-state index contributed by atoms with van der Waals surface area (Å²) in [6.45, 7) is 3.99. The van der Waals surface area contributed by atoms with Crippen LogP contribution in [0.1, 0.15) is 13.3 Å². The third kappa shape index (κ3) is 2.90. The summed E-state index contributed by atoms with van der Waals surface area (Å²) in [7, 11) is 0. The SMILES string of the molecule is CCN(c1cccc2ccccc12)C(CN)C1CCSC1. The fraction of sp³-hybridized carbons (Fsp3) is 0.444. The summed E-state index contributed by atoms with van der Waals surface area (Å²) in [5.41, 5.74) is 7.50. The average Bonchev–Trinajstić information content (AvgIpc) is 3.06. The van der Waals surface area contributed by atoms with Gasteiger partial charge in [0.2, 0.25) is 0 Å². The minimum Gasteiger partial charge on any atom is -0.367 e. The summed E-state index contributed by atoms with van der Waals surface area (Å²) in [5.74, 6) is 3.26. The van der Waals surface area contributed by atoms with E-state index in [9.17, 15) is 0 Å². The van der Waals surface area contributed by atoms with Crippen molar-refractivity contribution in [3.05, 3.63) is 42.5 Å². The average molecular weight is 300 g/mol. The molecule has 2 unspecified atom stereocenters. The second-order valence-electron chi connectivity index (χ2n) is 5.71. The molecular weight excluding hydrogens is 276 g/mol. The molecule has 3 rings (SSSR count). The van der Waals surface area contributed by atoms with Crippen LogP contribution >= 0.6 is 11.8 Å². The third-order valence-corrected chi connectivity index (χ3v) is 5.76. The summed E-state index contributed by atoms with van der Waals surface area (Å²) >= 11 is 2.07. The Hall–Kier alpha value is -1.19. The minimum absolute atomic E-state index is 0.454. The molecule has 3 heteroatoms. The Labute approximate surface area is 131 Å². The van der Waals surface area contributed by atoms with Crippen molar-refractivity contribution in [1.82, 2.24) is 0 Å². The second-order valence-corrected chi connectivity index (χ2v) is 6.86. The molecule has 2 atom stereocenters. The van der Waals surface area contributed by atoms with Crippen molar-refractivity contribution in [3.63, 3.8) is 0 Å². The molecule has 0 spiro atoms. The first-order valence-electron chi connectivity index (χ1n) is 7.87. The Balaban J connectivity index is 2.00. The molecule has 0 saturated carbocycles. The molecule has 2 aromatic carbocycles. The number of hydrogen-bond acceptors (Lipinski definition) is 3. The van der Waals surface area contributed by atoms with Gasteiger partial charge in [-0.15, -0.1) is 0 Å². The molecule has 0 amide bonds. The number of nitrogens with zero attached hydrogens (tertiary/aromatic N) is 1. The maximum absolute atomic E-state index is 6.16. The molecule has 1 heterocycles. The molecule has 21 heavy (non-hydrogen) atoms. The van der Waals surface area contributed by atoms with Crippen LogP contribution in [0.5, 0.6) is 0 Å². The molecule has 112 valence electrons. The van der Waals surface area contributed by atoms with Gasteiger partial charge in [0.15, 0.2) is 0 Å².